The standard InChI is InChI=1S/C25H24ClN3O5S/c1-34-19-7-4-5-16(11-19)13-27-24(30)17-9-10-21-22(12-17)29-25(31)23(28-21)15-35(32,33)14-18-6-2-3-8-20(18)26/h2-12,23,28H,13-15H2,1H3,(H,27,30)(H,29,31)/t23-/m0/s1. The highest BCUT2D eigenvalue weighted by molar-refractivity contribution is 7.90. The number of nitrogens with one attached hydrogen (secondary N) is 3. The maximum Gasteiger partial charge on any atom is 0.251 e. The summed E-state index contributed by atoms with van der Waals surface area (Å²) < 4.78 is 30.6. The molecular weight excluding hydrogens is 490 g/mol. The van der Waals surface area contributed by atoms with Gasteiger partial charge in [-0.15, -0.1) is 0 Å². The van der Waals surface area contributed by atoms with E-state index in [1.807, 2.05) is 24.3 Å². The fourth-order valence-electron chi connectivity index (χ4n) is 3.74. The van der Waals surface area contributed by atoms with Crippen LogP contribution in [0.2, 0.25) is 5.02 Å². The highest BCUT2D eigenvalue weighted by atomic mass is 35.5. The molecule has 10 heteroatoms. The first kappa shape index (κ1) is 24.6. The van der Waals surface area contributed by atoms with Crippen LogP contribution in [0.4, 0.5) is 11.4 Å². The van der Waals surface area contributed by atoms with E-state index in [9.17, 15) is 18.0 Å². The molecule has 1 aliphatic rings. The summed E-state index contributed by atoms with van der Waals surface area (Å²) in [5.41, 5.74) is 2.66. The number of sulfone groups is 1. The van der Waals surface area contributed by atoms with E-state index < -0.39 is 27.5 Å². The predicted molar refractivity (Wildman–Crippen MR) is 136 cm³/mol. The van der Waals surface area contributed by atoms with Crippen molar-refractivity contribution in [3.8, 4) is 5.75 Å². The van der Waals surface area contributed by atoms with Gasteiger partial charge in [0, 0.05) is 17.1 Å². The normalized spacial score (nSPS) is 14.9. The molecule has 8 nitrogen and oxygen atoms in total. The number of halogens is 1. The van der Waals surface area contributed by atoms with Gasteiger partial charge in [-0.3, -0.25) is 9.59 Å². The molecule has 1 atom stereocenters. The van der Waals surface area contributed by atoms with Crippen molar-refractivity contribution in [2.45, 2.75) is 18.3 Å². The van der Waals surface area contributed by atoms with Crippen molar-refractivity contribution in [3.05, 3.63) is 88.4 Å². The molecular formula is C25H24ClN3O5S. The van der Waals surface area contributed by atoms with Crippen LogP contribution in [0.25, 0.3) is 0 Å². The monoisotopic (exact) mass is 513 g/mol. The van der Waals surface area contributed by atoms with Crippen LogP contribution in [0.5, 0.6) is 5.75 Å². The van der Waals surface area contributed by atoms with Gasteiger partial charge >= 0.3 is 0 Å². The number of carbonyl (C=O) groups is 2. The second-order valence-corrected chi connectivity index (χ2v) is 10.6. The average molecular weight is 514 g/mol. The Labute approximate surface area is 208 Å². The number of benzene rings is 3. The Morgan fingerprint density at radius 1 is 1.06 bits per heavy atom. The topological polar surface area (TPSA) is 114 Å². The maximum absolute atomic E-state index is 12.7. The second-order valence-electron chi connectivity index (χ2n) is 8.13. The van der Waals surface area contributed by atoms with E-state index in [4.69, 9.17) is 16.3 Å². The fourth-order valence-corrected chi connectivity index (χ4v) is 5.61. The Hall–Kier alpha value is -3.56. The van der Waals surface area contributed by atoms with Gasteiger partial charge in [0.05, 0.1) is 30.0 Å². The lowest BCUT2D eigenvalue weighted by atomic mass is 10.1. The summed E-state index contributed by atoms with van der Waals surface area (Å²) >= 11 is 6.08. The predicted octanol–water partition coefficient (Wildman–Crippen LogP) is 3.63. The van der Waals surface area contributed by atoms with Gasteiger partial charge in [0.25, 0.3) is 5.91 Å². The lowest BCUT2D eigenvalue weighted by molar-refractivity contribution is -0.116. The molecule has 35 heavy (non-hydrogen) atoms. The lowest BCUT2D eigenvalue weighted by Crippen LogP contribution is -2.43. The van der Waals surface area contributed by atoms with Crippen LogP contribution in [-0.4, -0.2) is 39.1 Å². The SMILES string of the molecule is COc1cccc(CNC(=O)c2ccc3c(c2)NC(=O)[C@H](CS(=O)(=O)Cc2ccccc2Cl)N3)c1. The van der Waals surface area contributed by atoms with Gasteiger partial charge in [-0.25, -0.2) is 8.42 Å². The van der Waals surface area contributed by atoms with Crippen LogP contribution in [-0.2, 0) is 26.9 Å². The molecule has 0 spiro atoms. The third-order valence-corrected chi connectivity index (χ3v) is 7.49. The summed E-state index contributed by atoms with van der Waals surface area (Å²) in [5, 5.41) is 8.87. The molecule has 2 amide bonds. The number of methoxy groups -OCH3 is 1. The number of anilines is 2. The minimum Gasteiger partial charge on any atom is -0.497 e. The van der Waals surface area contributed by atoms with Crippen molar-refractivity contribution >= 4 is 44.6 Å². The maximum atomic E-state index is 12.7. The number of amides is 2. The molecule has 0 radical (unpaired) electrons. The van der Waals surface area contributed by atoms with E-state index in [0.717, 1.165) is 5.56 Å². The van der Waals surface area contributed by atoms with E-state index in [0.29, 0.717) is 39.8 Å². The van der Waals surface area contributed by atoms with Crippen LogP contribution < -0.4 is 20.7 Å². The molecule has 1 aliphatic heterocycles. The Balaban J connectivity index is 1.41. The van der Waals surface area contributed by atoms with Gasteiger partial charge in [0.1, 0.15) is 11.8 Å². The van der Waals surface area contributed by atoms with E-state index in [1.165, 1.54) is 0 Å². The van der Waals surface area contributed by atoms with Crippen LogP contribution in [0, 0.1) is 0 Å². The van der Waals surface area contributed by atoms with Gasteiger partial charge in [-0.05, 0) is 47.5 Å². The number of ether oxygens (including phenoxy) is 1. The van der Waals surface area contributed by atoms with Gasteiger partial charge in [-0.2, -0.15) is 0 Å². The molecule has 0 unspecified atom stereocenters. The Morgan fingerprint density at radius 2 is 1.86 bits per heavy atom. The molecule has 3 aromatic rings. The van der Waals surface area contributed by atoms with E-state index in [2.05, 4.69) is 16.0 Å². The summed E-state index contributed by atoms with van der Waals surface area (Å²) in [6, 6.07) is 17.9. The molecule has 3 N–H and O–H groups in total. The number of hydrogen-bond acceptors (Lipinski definition) is 6. The Morgan fingerprint density at radius 3 is 2.63 bits per heavy atom. The molecule has 1 heterocycles. The van der Waals surface area contributed by atoms with Crippen molar-refractivity contribution in [2.75, 3.05) is 23.5 Å². The number of hydrogen-bond donors (Lipinski definition) is 3. The van der Waals surface area contributed by atoms with Crippen LogP contribution in [0.15, 0.2) is 66.7 Å². The molecule has 0 fully saturated rings. The zero-order valence-corrected chi connectivity index (χ0v) is 20.4. The van der Waals surface area contributed by atoms with Crippen molar-refractivity contribution in [2.24, 2.45) is 0 Å². The number of rotatable bonds is 8. The van der Waals surface area contributed by atoms with E-state index >= 15 is 0 Å². The Bertz CT molecular complexity index is 1380. The van der Waals surface area contributed by atoms with Crippen molar-refractivity contribution in [1.82, 2.24) is 5.32 Å². The highest BCUT2D eigenvalue weighted by Gasteiger charge is 2.31. The van der Waals surface area contributed by atoms with Crippen LogP contribution in [0.1, 0.15) is 21.5 Å². The summed E-state index contributed by atoms with van der Waals surface area (Å²) in [7, 11) is -2.06. The third kappa shape index (κ3) is 6.12. The second kappa shape index (κ2) is 10.4. The highest BCUT2D eigenvalue weighted by Crippen LogP contribution is 2.29. The van der Waals surface area contributed by atoms with Crippen molar-refractivity contribution in [3.63, 3.8) is 0 Å². The molecule has 3 aromatic carbocycles. The first-order valence-corrected chi connectivity index (χ1v) is 13.0. The van der Waals surface area contributed by atoms with Gasteiger partial charge in [0.2, 0.25) is 5.91 Å². The number of carbonyl (C=O) groups excluding carboxylic acids is 2. The van der Waals surface area contributed by atoms with Gasteiger partial charge < -0.3 is 20.7 Å². The van der Waals surface area contributed by atoms with Gasteiger partial charge in [-0.1, -0.05) is 41.9 Å². The first-order chi connectivity index (χ1) is 16.7. The number of fused-ring (bicyclic) bond motifs is 1. The zero-order valence-electron chi connectivity index (χ0n) is 18.9. The average Bonchev–Trinajstić information content (AvgIpc) is 2.84. The largest absolute Gasteiger partial charge is 0.497 e. The minimum absolute atomic E-state index is 0.266. The van der Waals surface area contributed by atoms with Gasteiger partial charge in [0.15, 0.2) is 9.84 Å². The molecule has 182 valence electrons. The molecule has 0 saturated heterocycles. The van der Waals surface area contributed by atoms with Crippen molar-refractivity contribution < 1.29 is 22.7 Å². The smallest absolute Gasteiger partial charge is 0.251 e. The quantitative estimate of drug-likeness (QED) is 0.424. The first-order valence-electron chi connectivity index (χ1n) is 10.8. The Kier molecular flexibility index (Phi) is 7.28. The third-order valence-electron chi connectivity index (χ3n) is 5.53. The lowest BCUT2D eigenvalue weighted by Gasteiger charge is -2.27. The molecule has 0 aliphatic carbocycles. The zero-order chi connectivity index (χ0) is 25.0. The van der Waals surface area contributed by atoms with Crippen LogP contribution >= 0.6 is 11.6 Å². The molecule has 4 rings (SSSR count). The fraction of sp³-hybridized carbons (Fsp3) is 0.200. The summed E-state index contributed by atoms with van der Waals surface area (Å²) in [6.07, 6.45) is 0. The van der Waals surface area contributed by atoms with Crippen molar-refractivity contribution in [1.29, 1.82) is 0 Å². The summed E-state index contributed by atoms with van der Waals surface area (Å²) in [5.74, 6) is -0.768. The summed E-state index contributed by atoms with van der Waals surface area (Å²) in [6.45, 7) is 0.309. The molecule has 0 saturated carbocycles. The minimum atomic E-state index is -3.63. The van der Waals surface area contributed by atoms with E-state index in [-0.39, 0.29) is 11.7 Å². The van der Waals surface area contributed by atoms with E-state index in [1.54, 1.807) is 49.6 Å². The molecule has 0 aromatic heterocycles. The van der Waals surface area contributed by atoms with Crippen LogP contribution in [0.3, 0.4) is 0 Å². The summed E-state index contributed by atoms with van der Waals surface area (Å²) in [4.78, 5) is 25.3. The molecule has 0 bridgehead atoms.